The van der Waals surface area contributed by atoms with Gasteiger partial charge in [0, 0.05) is 19.4 Å². The van der Waals surface area contributed by atoms with Crippen LogP contribution < -0.4 is 0 Å². The van der Waals surface area contributed by atoms with Gasteiger partial charge in [-0.1, -0.05) is 240 Å². The quantitative estimate of drug-likeness (QED) is 0.0345. The normalized spacial score (nSPS) is 13.8. The molecule has 1 unspecified atom stereocenters. The van der Waals surface area contributed by atoms with Gasteiger partial charge >= 0.3 is 11.9 Å². The molecule has 0 bridgehead atoms. The second-order valence-corrected chi connectivity index (χ2v) is 17.7. The third-order valence-corrected chi connectivity index (χ3v) is 10.8. The van der Waals surface area contributed by atoms with Crippen LogP contribution >= 0.6 is 0 Å². The highest BCUT2D eigenvalue weighted by atomic mass is 16.6. The van der Waals surface area contributed by atoms with Gasteiger partial charge in [-0.15, -0.1) is 0 Å². The Balaban J connectivity index is 4.63. The molecule has 0 saturated carbocycles. The van der Waals surface area contributed by atoms with Gasteiger partial charge in [0.25, 0.3) is 0 Å². The van der Waals surface area contributed by atoms with Gasteiger partial charge in [0.2, 0.25) is 0 Å². The van der Waals surface area contributed by atoms with E-state index in [9.17, 15) is 9.59 Å². The summed E-state index contributed by atoms with van der Waals surface area (Å²) in [6.07, 6.45) is 97.3. The summed E-state index contributed by atoms with van der Waals surface area (Å²) in [5.74, 6) is -0.627. The number of hydrogen-bond donors (Lipinski definition) is 0. The standard InChI is InChI=1S/C69H102O5/c1-4-7-10-13-16-19-22-25-28-31-34-37-40-43-46-49-52-55-58-61-64-72-65-67(74-69(71)63-60-57-54-51-48-45-42-39-36-33-30-27-24-21-18-15-12-9-6-3)66-73-68(70)62-59-56-53-50-47-44-41-38-35-32-29-26-23-20-17-14-11-8-5-2/h7-12,16-21,25-30,34-39,43-48,53-54,56-57,67H,4-6,13-15,22-24,31-33,40-42,49-52,55,58-66H2,1-3H3/b10-7-,11-8-,12-9-,19-16-,20-17-,21-18-,28-25-,29-26-,30-27-,37-34-,38-35-,39-36-,46-43-,47-44-,48-45-,56-53-,57-54-. The molecule has 0 heterocycles. The van der Waals surface area contributed by atoms with Crippen LogP contribution in [-0.2, 0) is 23.8 Å². The molecule has 74 heavy (non-hydrogen) atoms. The fourth-order valence-corrected chi connectivity index (χ4v) is 6.70. The molecule has 0 aliphatic heterocycles. The molecule has 408 valence electrons. The van der Waals surface area contributed by atoms with Crippen molar-refractivity contribution in [3.63, 3.8) is 0 Å². The van der Waals surface area contributed by atoms with Crippen molar-refractivity contribution in [3.05, 3.63) is 207 Å². The van der Waals surface area contributed by atoms with Gasteiger partial charge in [0.1, 0.15) is 6.61 Å². The van der Waals surface area contributed by atoms with E-state index in [1.165, 1.54) is 0 Å². The van der Waals surface area contributed by atoms with Gasteiger partial charge in [0.15, 0.2) is 6.10 Å². The molecule has 0 fully saturated rings. The Morgan fingerprint density at radius 1 is 0.297 bits per heavy atom. The van der Waals surface area contributed by atoms with Crippen molar-refractivity contribution < 1.29 is 23.8 Å². The molecule has 0 N–H and O–H groups in total. The average Bonchev–Trinajstić information content (AvgIpc) is 3.40. The topological polar surface area (TPSA) is 61.8 Å². The fourth-order valence-electron chi connectivity index (χ4n) is 6.70. The van der Waals surface area contributed by atoms with Crippen LogP contribution in [0.3, 0.4) is 0 Å². The number of rotatable bonds is 49. The molecule has 0 saturated heterocycles. The van der Waals surface area contributed by atoms with Crippen molar-refractivity contribution in [2.24, 2.45) is 0 Å². The zero-order valence-electron chi connectivity index (χ0n) is 46.8. The van der Waals surface area contributed by atoms with Gasteiger partial charge < -0.3 is 14.2 Å². The molecule has 5 heteroatoms. The predicted molar refractivity (Wildman–Crippen MR) is 324 cm³/mol. The lowest BCUT2D eigenvalue weighted by Gasteiger charge is -2.18. The average molecular weight is 1010 g/mol. The monoisotopic (exact) mass is 1010 g/mol. The Morgan fingerprint density at radius 2 is 0.568 bits per heavy atom. The highest BCUT2D eigenvalue weighted by Gasteiger charge is 2.17. The maximum absolute atomic E-state index is 12.8. The second kappa shape index (κ2) is 61.8. The van der Waals surface area contributed by atoms with E-state index in [1.54, 1.807) is 0 Å². The maximum Gasteiger partial charge on any atom is 0.306 e. The summed E-state index contributed by atoms with van der Waals surface area (Å²) in [5, 5.41) is 0. The molecule has 1 atom stereocenters. The lowest BCUT2D eigenvalue weighted by molar-refractivity contribution is -0.162. The van der Waals surface area contributed by atoms with E-state index in [0.29, 0.717) is 19.4 Å². The number of unbranched alkanes of at least 4 members (excludes halogenated alkanes) is 4. The molecule has 0 aliphatic rings. The van der Waals surface area contributed by atoms with E-state index >= 15 is 0 Å². The molecule has 0 rings (SSSR count). The van der Waals surface area contributed by atoms with Gasteiger partial charge in [0.05, 0.1) is 6.61 Å². The third-order valence-electron chi connectivity index (χ3n) is 10.8. The van der Waals surface area contributed by atoms with E-state index in [-0.39, 0.29) is 38.0 Å². The number of ether oxygens (including phenoxy) is 3. The van der Waals surface area contributed by atoms with Crippen LogP contribution in [0, 0.1) is 0 Å². The summed E-state index contributed by atoms with van der Waals surface area (Å²) in [6, 6.07) is 0. The largest absolute Gasteiger partial charge is 0.462 e. The molecule has 0 aromatic carbocycles. The molecular weight excluding hydrogens is 909 g/mol. The number of carbonyl (C=O) groups is 2. The SMILES string of the molecule is CC/C=C\C/C=C\C/C=C\C/C=C\C/C=C\C/C=C\CCC(=O)OCC(COCCCCCC/C=C\C/C=C\C/C=C\C/C=C\C/C=C\CC)OC(=O)CC/C=C\C/C=C\C/C=C\C/C=C\C/C=C\C/C=C\CC. The fraction of sp³-hybridized carbons (Fsp3) is 0.478. The van der Waals surface area contributed by atoms with Gasteiger partial charge in [-0.05, 0) is 141 Å². The summed E-state index contributed by atoms with van der Waals surface area (Å²) in [6.45, 7) is 7.23. The first-order chi connectivity index (χ1) is 36.6. The van der Waals surface area contributed by atoms with E-state index in [2.05, 4.69) is 215 Å². The van der Waals surface area contributed by atoms with Crippen LogP contribution in [0.1, 0.15) is 188 Å². The molecule has 0 aliphatic carbocycles. The summed E-state index contributed by atoms with van der Waals surface area (Å²) in [4.78, 5) is 25.5. The van der Waals surface area contributed by atoms with Gasteiger partial charge in [-0.3, -0.25) is 9.59 Å². The third kappa shape index (κ3) is 59.0. The lowest BCUT2D eigenvalue weighted by Crippen LogP contribution is -2.30. The Bertz CT molecular complexity index is 1810. The van der Waals surface area contributed by atoms with Crippen molar-refractivity contribution in [2.75, 3.05) is 19.8 Å². The van der Waals surface area contributed by atoms with Crippen molar-refractivity contribution in [1.82, 2.24) is 0 Å². The molecule has 0 aromatic heterocycles. The van der Waals surface area contributed by atoms with Crippen molar-refractivity contribution in [2.45, 2.75) is 194 Å². The number of esters is 2. The van der Waals surface area contributed by atoms with Gasteiger partial charge in [-0.2, -0.15) is 0 Å². The molecule has 0 amide bonds. The number of carbonyl (C=O) groups excluding carboxylic acids is 2. The highest BCUT2D eigenvalue weighted by molar-refractivity contribution is 5.70. The first kappa shape index (κ1) is 68.5. The summed E-state index contributed by atoms with van der Waals surface area (Å²) in [7, 11) is 0. The van der Waals surface area contributed by atoms with Crippen molar-refractivity contribution in [3.8, 4) is 0 Å². The van der Waals surface area contributed by atoms with Crippen LogP contribution in [0.4, 0.5) is 0 Å². The Labute approximate surface area is 453 Å². The minimum Gasteiger partial charge on any atom is -0.462 e. The summed E-state index contributed by atoms with van der Waals surface area (Å²) < 4.78 is 17.3. The van der Waals surface area contributed by atoms with E-state index in [4.69, 9.17) is 14.2 Å². The predicted octanol–water partition coefficient (Wildman–Crippen LogP) is 20.1. The summed E-state index contributed by atoms with van der Waals surface area (Å²) >= 11 is 0. The number of allylic oxidation sites excluding steroid dienone is 34. The molecule has 5 nitrogen and oxygen atoms in total. The lowest BCUT2D eigenvalue weighted by atomic mass is 10.1. The Hall–Kier alpha value is -5.52. The zero-order chi connectivity index (χ0) is 53.4. The highest BCUT2D eigenvalue weighted by Crippen LogP contribution is 2.08. The maximum atomic E-state index is 12.8. The zero-order valence-corrected chi connectivity index (χ0v) is 46.8. The van der Waals surface area contributed by atoms with Crippen molar-refractivity contribution in [1.29, 1.82) is 0 Å². The summed E-state index contributed by atoms with van der Waals surface area (Å²) in [5.41, 5.74) is 0. The molecule has 0 radical (unpaired) electrons. The van der Waals surface area contributed by atoms with Crippen molar-refractivity contribution >= 4 is 11.9 Å². The Kier molecular flexibility index (Phi) is 57.2. The minimum absolute atomic E-state index is 0.0124. The smallest absolute Gasteiger partial charge is 0.306 e. The van der Waals surface area contributed by atoms with Crippen LogP contribution in [0.15, 0.2) is 207 Å². The Morgan fingerprint density at radius 3 is 0.892 bits per heavy atom. The molecular formula is C69H102O5. The van der Waals surface area contributed by atoms with E-state index in [1.807, 2.05) is 12.2 Å². The van der Waals surface area contributed by atoms with Gasteiger partial charge in [-0.25, -0.2) is 0 Å². The molecule has 0 spiro atoms. The minimum atomic E-state index is -0.641. The first-order valence-corrected chi connectivity index (χ1v) is 28.6. The second-order valence-electron chi connectivity index (χ2n) is 17.7. The molecule has 0 aromatic rings. The number of hydrogen-bond acceptors (Lipinski definition) is 5. The van der Waals surface area contributed by atoms with E-state index in [0.717, 1.165) is 141 Å². The van der Waals surface area contributed by atoms with Crippen LogP contribution in [0.25, 0.3) is 0 Å². The van der Waals surface area contributed by atoms with Crippen LogP contribution in [0.2, 0.25) is 0 Å². The van der Waals surface area contributed by atoms with E-state index < -0.39 is 6.10 Å². The van der Waals surface area contributed by atoms with Crippen LogP contribution in [-0.4, -0.2) is 37.9 Å². The van der Waals surface area contributed by atoms with Crippen LogP contribution in [0.5, 0.6) is 0 Å². The first-order valence-electron chi connectivity index (χ1n) is 28.6.